The largest absolute Gasteiger partial charge is 0.504 e. The van der Waals surface area contributed by atoms with E-state index in [-0.39, 0.29) is 11.5 Å². The molecule has 0 aliphatic heterocycles. The standard InChI is InChI=1S/C15H16N2O4/c1-21-13-5-3-2-4-10(13)17-14(15(16)20)9-6-7-11(18)12(19)8-9/h2-8,14,17-19H,1H3,(H2,16,20). The Bertz CT molecular complexity index is 658. The van der Waals surface area contributed by atoms with Gasteiger partial charge in [-0.3, -0.25) is 4.79 Å². The van der Waals surface area contributed by atoms with Crippen molar-refractivity contribution in [2.45, 2.75) is 6.04 Å². The Morgan fingerprint density at radius 2 is 1.90 bits per heavy atom. The van der Waals surface area contributed by atoms with Gasteiger partial charge in [-0.1, -0.05) is 18.2 Å². The van der Waals surface area contributed by atoms with Crippen LogP contribution >= 0.6 is 0 Å². The van der Waals surface area contributed by atoms with Crippen molar-refractivity contribution in [2.24, 2.45) is 5.73 Å². The van der Waals surface area contributed by atoms with Crippen molar-refractivity contribution < 1.29 is 19.7 Å². The summed E-state index contributed by atoms with van der Waals surface area (Å²) in [7, 11) is 1.52. The maximum Gasteiger partial charge on any atom is 0.244 e. The van der Waals surface area contributed by atoms with Gasteiger partial charge in [0.25, 0.3) is 0 Å². The average Bonchev–Trinajstić information content (AvgIpc) is 2.48. The van der Waals surface area contributed by atoms with Gasteiger partial charge in [-0.25, -0.2) is 0 Å². The van der Waals surface area contributed by atoms with E-state index >= 15 is 0 Å². The van der Waals surface area contributed by atoms with Crippen molar-refractivity contribution >= 4 is 11.6 Å². The summed E-state index contributed by atoms with van der Waals surface area (Å²) >= 11 is 0. The molecule has 110 valence electrons. The average molecular weight is 288 g/mol. The highest BCUT2D eigenvalue weighted by Gasteiger charge is 2.20. The predicted molar refractivity (Wildman–Crippen MR) is 78.3 cm³/mol. The van der Waals surface area contributed by atoms with E-state index in [9.17, 15) is 15.0 Å². The molecular weight excluding hydrogens is 272 g/mol. The first kappa shape index (κ1) is 14.5. The lowest BCUT2D eigenvalue weighted by atomic mass is 10.0. The quantitative estimate of drug-likeness (QED) is 0.627. The molecule has 0 aliphatic carbocycles. The van der Waals surface area contributed by atoms with Gasteiger partial charge >= 0.3 is 0 Å². The van der Waals surface area contributed by atoms with E-state index < -0.39 is 11.9 Å². The predicted octanol–water partition coefficient (Wildman–Crippen LogP) is 1.74. The van der Waals surface area contributed by atoms with Crippen molar-refractivity contribution in [2.75, 3.05) is 12.4 Å². The minimum absolute atomic E-state index is 0.265. The zero-order chi connectivity index (χ0) is 15.4. The molecule has 0 fully saturated rings. The molecule has 21 heavy (non-hydrogen) atoms. The smallest absolute Gasteiger partial charge is 0.244 e. The fraction of sp³-hybridized carbons (Fsp3) is 0.133. The van der Waals surface area contributed by atoms with Crippen LogP contribution in [0.5, 0.6) is 17.2 Å². The fourth-order valence-corrected chi connectivity index (χ4v) is 1.96. The molecule has 0 saturated carbocycles. The van der Waals surface area contributed by atoms with E-state index in [0.29, 0.717) is 17.0 Å². The molecular formula is C15H16N2O4. The number of hydrogen-bond donors (Lipinski definition) is 4. The topological polar surface area (TPSA) is 105 Å². The Hall–Kier alpha value is -2.89. The van der Waals surface area contributed by atoms with Gasteiger partial charge in [0.2, 0.25) is 5.91 Å². The summed E-state index contributed by atoms with van der Waals surface area (Å²) in [5, 5.41) is 21.8. The van der Waals surface area contributed by atoms with Crippen molar-refractivity contribution in [3.63, 3.8) is 0 Å². The van der Waals surface area contributed by atoms with Crippen LogP contribution in [0.3, 0.4) is 0 Å². The maximum absolute atomic E-state index is 11.7. The number of methoxy groups -OCH3 is 1. The summed E-state index contributed by atoms with van der Waals surface area (Å²) in [6, 6.07) is 10.3. The van der Waals surface area contributed by atoms with Gasteiger partial charge in [-0.15, -0.1) is 0 Å². The molecule has 5 N–H and O–H groups in total. The molecule has 0 radical (unpaired) electrons. The first-order chi connectivity index (χ1) is 10.0. The highest BCUT2D eigenvalue weighted by atomic mass is 16.5. The number of rotatable bonds is 5. The molecule has 0 aliphatic rings. The molecule has 6 heteroatoms. The lowest BCUT2D eigenvalue weighted by Gasteiger charge is -2.19. The molecule has 0 bridgehead atoms. The third-order valence-electron chi connectivity index (χ3n) is 3.02. The van der Waals surface area contributed by atoms with Crippen LogP contribution in [0, 0.1) is 0 Å². The third kappa shape index (κ3) is 3.17. The molecule has 1 amide bonds. The Balaban J connectivity index is 2.35. The lowest BCUT2D eigenvalue weighted by Crippen LogP contribution is -2.27. The monoisotopic (exact) mass is 288 g/mol. The highest BCUT2D eigenvalue weighted by Crippen LogP contribution is 2.31. The molecule has 0 spiro atoms. The van der Waals surface area contributed by atoms with E-state index in [1.807, 2.05) is 0 Å². The van der Waals surface area contributed by atoms with Crippen molar-refractivity contribution in [3.05, 3.63) is 48.0 Å². The fourth-order valence-electron chi connectivity index (χ4n) is 1.96. The van der Waals surface area contributed by atoms with Gasteiger partial charge in [0.1, 0.15) is 11.8 Å². The van der Waals surface area contributed by atoms with Gasteiger partial charge in [0, 0.05) is 0 Å². The zero-order valence-corrected chi connectivity index (χ0v) is 11.4. The Morgan fingerprint density at radius 1 is 1.19 bits per heavy atom. The Kier molecular flexibility index (Phi) is 4.18. The minimum Gasteiger partial charge on any atom is -0.504 e. The van der Waals surface area contributed by atoms with Crippen LogP contribution in [0.4, 0.5) is 5.69 Å². The summed E-state index contributed by atoms with van der Waals surface area (Å²) in [6.07, 6.45) is 0. The molecule has 2 aromatic carbocycles. The van der Waals surface area contributed by atoms with E-state index in [1.54, 1.807) is 24.3 Å². The molecule has 0 heterocycles. The van der Waals surface area contributed by atoms with Crippen LogP contribution in [-0.2, 0) is 4.79 Å². The van der Waals surface area contributed by atoms with Crippen LogP contribution in [0.15, 0.2) is 42.5 Å². The summed E-state index contributed by atoms with van der Waals surface area (Å²) in [4.78, 5) is 11.7. The minimum atomic E-state index is -0.868. The molecule has 0 saturated heterocycles. The number of amides is 1. The second-order valence-electron chi connectivity index (χ2n) is 4.43. The number of carbonyl (C=O) groups is 1. The number of ether oxygens (including phenoxy) is 1. The molecule has 2 rings (SSSR count). The molecule has 6 nitrogen and oxygen atoms in total. The number of benzene rings is 2. The van der Waals surface area contributed by atoms with Crippen LogP contribution in [0.2, 0.25) is 0 Å². The van der Waals surface area contributed by atoms with E-state index in [0.717, 1.165) is 0 Å². The van der Waals surface area contributed by atoms with Crippen molar-refractivity contribution in [1.29, 1.82) is 0 Å². The van der Waals surface area contributed by atoms with Crippen LogP contribution in [0.1, 0.15) is 11.6 Å². The summed E-state index contributed by atoms with van der Waals surface area (Å²) < 4.78 is 5.20. The van der Waals surface area contributed by atoms with Gasteiger partial charge in [-0.2, -0.15) is 0 Å². The van der Waals surface area contributed by atoms with Gasteiger partial charge in [0.05, 0.1) is 12.8 Å². The molecule has 1 unspecified atom stereocenters. The van der Waals surface area contributed by atoms with Crippen molar-refractivity contribution in [1.82, 2.24) is 0 Å². The number of hydrogen-bond acceptors (Lipinski definition) is 5. The number of nitrogens with two attached hydrogens (primary N) is 1. The number of carbonyl (C=O) groups excluding carboxylic acids is 1. The van der Waals surface area contributed by atoms with Gasteiger partial charge < -0.3 is 26.0 Å². The van der Waals surface area contributed by atoms with Crippen LogP contribution < -0.4 is 15.8 Å². The first-order valence-electron chi connectivity index (χ1n) is 6.23. The molecule has 2 aromatic rings. The number of anilines is 1. The van der Waals surface area contributed by atoms with Gasteiger partial charge in [-0.05, 0) is 29.8 Å². The maximum atomic E-state index is 11.7. The molecule has 0 aromatic heterocycles. The lowest BCUT2D eigenvalue weighted by molar-refractivity contribution is -0.118. The summed E-state index contributed by atoms with van der Waals surface area (Å²) in [5.41, 5.74) is 6.44. The highest BCUT2D eigenvalue weighted by molar-refractivity contribution is 5.85. The summed E-state index contributed by atoms with van der Waals surface area (Å²) in [6.45, 7) is 0. The van der Waals surface area contributed by atoms with E-state index in [2.05, 4.69) is 5.32 Å². The summed E-state index contributed by atoms with van der Waals surface area (Å²) in [5.74, 6) is -0.641. The Morgan fingerprint density at radius 3 is 2.52 bits per heavy atom. The van der Waals surface area contributed by atoms with Crippen LogP contribution in [0.25, 0.3) is 0 Å². The van der Waals surface area contributed by atoms with Crippen LogP contribution in [-0.4, -0.2) is 23.2 Å². The second-order valence-corrected chi connectivity index (χ2v) is 4.43. The number of aromatic hydroxyl groups is 2. The molecule has 1 atom stereocenters. The Labute approximate surface area is 121 Å². The zero-order valence-electron chi connectivity index (χ0n) is 11.4. The number of nitrogens with one attached hydrogen (secondary N) is 1. The SMILES string of the molecule is COc1ccccc1NC(C(N)=O)c1ccc(O)c(O)c1. The van der Waals surface area contributed by atoms with E-state index in [1.165, 1.54) is 25.3 Å². The normalized spacial score (nSPS) is 11.7. The third-order valence-corrected chi connectivity index (χ3v) is 3.02. The number of primary amides is 1. The van der Waals surface area contributed by atoms with Gasteiger partial charge in [0.15, 0.2) is 11.5 Å². The first-order valence-corrected chi connectivity index (χ1v) is 6.23. The second kappa shape index (κ2) is 6.04. The number of phenols is 2. The number of phenolic OH excluding ortho intramolecular Hbond substituents is 2. The van der Waals surface area contributed by atoms with Crippen molar-refractivity contribution in [3.8, 4) is 17.2 Å². The number of para-hydroxylation sites is 2. The van der Waals surface area contributed by atoms with E-state index in [4.69, 9.17) is 10.5 Å².